The van der Waals surface area contributed by atoms with E-state index in [1.165, 1.54) is 38.5 Å². The molecule has 0 bridgehead atoms. The van der Waals surface area contributed by atoms with Crippen LogP contribution in [0.25, 0.3) is 0 Å². The summed E-state index contributed by atoms with van der Waals surface area (Å²) in [7, 11) is 0. The molecule has 2 aliphatic rings. The van der Waals surface area contributed by atoms with Gasteiger partial charge >= 0.3 is 0 Å². The summed E-state index contributed by atoms with van der Waals surface area (Å²) in [4.78, 5) is 2.59. The topological polar surface area (TPSA) is 38.5 Å². The maximum atomic E-state index is 6.07. The van der Waals surface area contributed by atoms with Gasteiger partial charge in [0, 0.05) is 25.2 Å². The lowest BCUT2D eigenvalue weighted by Crippen LogP contribution is -2.45. The molecule has 2 rings (SSSR count). The largest absolute Gasteiger partial charge is 0.377 e. The molecule has 16 heavy (non-hydrogen) atoms. The number of nitrogens with zero attached hydrogens (tertiary/aromatic N) is 1. The maximum absolute atomic E-state index is 6.07. The van der Waals surface area contributed by atoms with Crippen LogP contribution in [0.5, 0.6) is 0 Å². The molecular weight excluding hydrogens is 200 g/mol. The highest BCUT2D eigenvalue weighted by atomic mass is 16.5. The van der Waals surface area contributed by atoms with Gasteiger partial charge in [-0.25, -0.2) is 0 Å². The summed E-state index contributed by atoms with van der Waals surface area (Å²) in [6.45, 7) is 5.48. The molecule has 1 aliphatic heterocycles. The number of nitrogens with two attached hydrogens (primary N) is 1. The standard InChI is InChI=1S/C13H26N2O/c1-2-15(10-13-7-4-8-16-13)12-6-3-5-11(14)9-12/h11-13H,2-10,14H2,1H3. The van der Waals surface area contributed by atoms with E-state index < -0.39 is 0 Å². The third-order valence-electron chi connectivity index (χ3n) is 4.07. The Balaban J connectivity index is 1.82. The zero-order chi connectivity index (χ0) is 11.4. The first kappa shape index (κ1) is 12.3. The van der Waals surface area contributed by atoms with Crippen molar-refractivity contribution in [1.29, 1.82) is 0 Å². The quantitative estimate of drug-likeness (QED) is 0.794. The number of rotatable bonds is 4. The lowest BCUT2D eigenvalue weighted by molar-refractivity contribution is 0.0492. The Morgan fingerprint density at radius 2 is 2.12 bits per heavy atom. The minimum absolute atomic E-state index is 0.428. The smallest absolute Gasteiger partial charge is 0.0702 e. The Labute approximate surface area is 99.3 Å². The average molecular weight is 226 g/mol. The molecule has 1 saturated carbocycles. The molecule has 94 valence electrons. The van der Waals surface area contributed by atoms with Crippen molar-refractivity contribution in [2.24, 2.45) is 5.73 Å². The fourth-order valence-corrected chi connectivity index (χ4v) is 3.12. The molecule has 0 spiro atoms. The summed E-state index contributed by atoms with van der Waals surface area (Å²) in [6, 6.07) is 1.13. The number of hydrogen-bond donors (Lipinski definition) is 1. The first-order valence-electron chi connectivity index (χ1n) is 6.90. The van der Waals surface area contributed by atoms with Crippen molar-refractivity contribution in [3.63, 3.8) is 0 Å². The Kier molecular flexibility index (Phi) is 4.62. The highest BCUT2D eigenvalue weighted by molar-refractivity contribution is 4.83. The molecule has 0 amide bonds. The van der Waals surface area contributed by atoms with E-state index in [4.69, 9.17) is 10.5 Å². The second-order valence-electron chi connectivity index (χ2n) is 5.30. The van der Waals surface area contributed by atoms with Crippen molar-refractivity contribution in [3.05, 3.63) is 0 Å². The molecule has 1 saturated heterocycles. The molecule has 3 heteroatoms. The molecule has 0 aromatic rings. The Morgan fingerprint density at radius 1 is 1.25 bits per heavy atom. The van der Waals surface area contributed by atoms with E-state index in [2.05, 4.69) is 11.8 Å². The first-order valence-corrected chi connectivity index (χ1v) is 6.90. The van der Waals surface area contributed by atoms with Crippen LogP contribution in [0.3, 0.4) is 0 Å². The van der Waals surface area contributed by atoms with E-state index in [1.807, 2.05) is 0 Å². The van der Waals surface area contributed by atoms with Crippen LogP contribution in [0.4, 0.5) is 0 Å². The van der Waals surface area contributed by atoms with E-state index >= 15 is 0 Å². The van der Waals surface area contributed by atoms with E-state index in [0.29, 0.717) is 18.2 Å². The first-order chi connectivity index (χ1) is 7.79. The van der Waals surface area contributed by atoms with Gasteiger partial charge in [0.1, 0.15) is 0 Å². The number of hydrogen-bond acceptors (Lipinski definition) is 3. The van der Waals surface area contributed by atoms with Crippen LogP contribution in [0.2, 0.25) is 0 Å². The molecule has 0 aromatic carbocycles. The van der Waals surface area contributed by atoms with E-state index in [1.54, 1.807) is 0 Å². The highest BCUT2D eigenvalue weighted by Gasteiger charge is 2.27. The lowest BCUT2D eigenvalue weighted by Gasteiger charge is -2.37. The fourth-order valence-electron chi connectivity index (χ4n) is 3.12. The van der Waals surface area contributed by atoms with Gasteiger partial charge in [0.2, 0.25) is 0 Å². The van der Waals surface area contributed by atoms with E-state index in [0.717, 1.165) is 19.7 Å². The van der Waals surface area contributed by atoms with Gasteiger partial charge in [0.25, 0.3) is 0 Å². The third-order valence-corrected chi connectivity index (χ3v) is 4.07. The molecule has 3 nitrogen and oxygen atoms in total. The predicted octanol–water partition coefficient (Wildman–Crippen LogP) is 1.76. The lowest BCUT2D eigenvalue weighted by atomic mass is 9.90. The molecule has 0 radical (unpaired) electrons. The third kappa shape index (κ3) is 3.19. The Morgan fingerprint density at radius 3 is 2.75 bits per heavy atom. The predicted molar refractivity (Wildman–Crippen MR) is 66.5 cm³/mol. The van der Waals surface area contributed by atoms with E-state index in [-0.39, 0.29) is 0 Å². The van der Waals surface area contributed by atoms with Gasteiger partial charge in [-0.1, -0.05) is 13.3 Å². The summed E-state index contributed by atoms with van der Waals surface area (Å²) in [5, 5.41) is 0. The van der Waals surface area contributed by atoms with Crippen molar-refractivity contribution in [2.75, 3.05) is 19.7 Å². The van der Waals surface area contributed by atoms with Gasteiger partial charge in [-0.05, 0) is 38.6 Å². The summed E-state index contributed by atoms with van der Waals surface area (Å²) in [6.07, 6.45) is 8.00. The minimum atomic E-state index is 0.428. The fraction of sp³-hybridized carbons (Fsp3) is 1.00. The summed E-state index contributed by atoms with van der Waals surface area (Å²) < 4.78 is 5.73. The maximum Gasteiger partial charge on any atom is 0.0702 e. The van der Waals surface area contributed by atoms with Crippen LogP contribution in [-0.2, 0) is 4.74 Å². The van der Waals surface area contributed by atoms with Crippen molar-refractivity contribution in [2.45, 2.75) is 63.6 Å². The normalized spacial score (nSPS) is 35.8. The van der Waals surface area contributed by atoms with Crippen LogP contribution in [0.1, 0.15) is 45.4 Å². The molecule has 1 aliphatic carbocycles. The van der Waals surface area contributed by atoms with Crippen LogP contribution >= 0.6 is 0 Å². The average Bonchev–Trinajstić information content (AvgIpc) is 2.78. The van der Waals surface area contributed by atoms with Gasteiger partial charge in [0.15, 0.2) is 0 Å². The summed E-state index contributed by atoms with van der Waals surface area (Å²) in [5.41, 5.74) is 6.07. The van der Waals surface area contributed by atoms with E-state index in [9.17, 15) is 0 Å². The van der Waals surface area contributed by atoms with Crippen molar-refractivity contribution in [1.82, 2.24) is 4.90 Å². The number of ether oxygens (including phenoxy) is 1. The Hall–Kier alpha value is -0.120. The monoisotopic (exact) mass is 226 g/mol. The molecule has 2 N–H and O–H groups in total. The zero-order valence-corrected chi connectivity index (χ0v) is 10.5. The molecule has 0 aromatic heterocycles. The summed E-state index contributed by atoms with van der Waals surface area (Å²) in [5.74, 6) is 0. The van der Waals surface area contributed by atoms with Crippen LogP contribution < -0.4 is 5.73 Å². The van der Waals surface area contributed by atoms with Gasteiger partial charge in [-0.15, -0.1) is 0 Å². The van der Waals surface area contributed by atoms with Crippen molar-refractivity contribution in [3.8, 4) is 0 Å². The van der Waals surface area contributed by atoms with Gasteiger partial charge in [-0.2, -0.15) is 0 Å². The molecule has 3 atom stereocenters. The number of likely N-dealkylation sites (N-methyl/N-ethyl adjacent to an activating group) is 1. The minimum Gasteiger partial charge on any atom is -0.377 e. The zero-order valence-electron chi connectivity index (χ0n) is 10.5. The SMILES string of the molecule is CCN(CC1CCCO1)C1CCCC(N)C1. The second kappa shape index (κ2) is 5.99. The van der Waals surface area contributed by atoms with Gasteiger partial charge in [0.05, 0.1) is 6.10 Å². The van der Waals surface area contributed by atoms with Crippen LogP contribution in [-0.4, -0.2) is 42.8 Å². The Bertz CT molecular complexity index is 204. The molecule has 1 heterocycles. The molecule has 2 fully saturated rings. The second-order valence-corrected chi connectivity index (χ2v) is 5.30. The highest BCUT2D eigenvalue weighted by Crippen LogP contribution is 2.23. The van der Waals surface area contributed by atoms with Crippen LogP contribution in [0, 0.1) is 0 Å². The molecule has 3 unspecified atom stereocenters. The molecular formula is C13H26N2O. The van der Waals surface area contributed by atoms with Crippen molar-refractivity contribution >= 4 is 0 Å². The van der Waals surface area contributed by atoms with Gasteiger partial charge in [-0.3, -0.25) is 4.90 Å². The summed E-state index contributed by atoms with van der Waals surface area (Å²) >= 11 is 0. The van der Waals surface area contributed by atoms with Gasteiger partial charge < -0.3 is 10.5 Å². The van der Waals surface area contributed by atoms with Crippen LogP contribution in [0.15, 0.2) is 0 Å². The van der Waals surface area contributed by atoms with Crippen molar-refractivity contribution < 1.29 is 4.74 Å².